The molecular formula is C15H12N4S. The summed E-state index contributed by atoms with van der Waals surface area (Å²) >= 11 is 1.47. The third-order valence-electron chi connectivity index (χ3n) is 2.95. The number of rotatable bonds is 3. The first-order valence-electron chi connectivity index (χ1n) is 6.05. The quantitative estimate of drug-likeness (QED) is 0.723. The van der Waals surface area contributed by atoms with E-state index >= 15 is 0 Å². The Morgan fingerprint density at radius 2 is 2.00 bits per heavy atom. The van der Waals surface area contributed by atoms with Gasteiger partial charge in [0.2, 0.25) is 0 Å². The molecule has 5 heteroatoms. The molecular weight excluding hydrogens is 268 g/mol. The van der Waals surface area contributed by atoms with Crippen molar-refractivity contribution in [3.8, 4) is 11.3 Å². The van der Waals surface area contributed by atoms with Gasteiger partial charge in [-0.15, -0.1) is 0 Å². The van der Waals surface area contributed by atoms with Gasteiger partial charge in [0.25, 0.3) is 0 Å². The Balaban J connectivity index is 2.38. The lowest BCUT2D eigenvalue weighted by atomic mass is 10.1. The van der Waals surface area contributed by atoms with Gasteiger partial charge in [0.1, 0.15) is 6.33 Å². The van der Waals surface area contributed by atoms with E-state index in [4.69, 9.17) is 5.41 Å². The number of thioether (sulfide) groups is 1. The predicted octanol–water partition coefficient (Wildman–Crippen LogP) is 3.34. The van der Waals surface area contributed by atoms with E-state index < -0.39 is 0 Å². The highest BCUT2D eigenvalue weighted by atomic mass is 32.2. The van der Waals surface area contributed by atoms with Crippen molar-refractivity contribution >= 4 is 22.7 Å². The number of aromatic nitrogens is 3. The molecule has 1 aromatic carbocycles. The Morgan fingerprint density at radius 1 is 1.20 bits per heavy atom. The monoisotopic (exact) mass is 280 g/mol. The Morgan fingerprint density at radius 3 is 2.75 bits per heavy atom. The second-order valence-corrected chi connectivity index (χ2v) is 5.13. The largest absolute Gasteiger partial charge is 0.358 e. The molecule has 98 valence electrons. The minimum Gasteiger partial charge on any atom is -0.358 e. The summed E-state index contributed by atoms with van der Waals surface area (Å²) in [5.41, 5.74) is 2.82. The molecule has 0 aliphatic rings. The van der Waals surface area contributed by atoms with E-state index in [0.717, 1.165) is 27.1 Å². The molecule has 0 saturated carbocycles. The van der Waals surface area contributed by atoms with E-state index in [1.165, 1.54) is 18.1 Å². The van der Waals surface area contributed by atoms with Gasteiger partial charge in [0, 0.05) is 16.7 Å². The highest BCUT2D eigenvalue weighted by Gasteiger charge is 2.11. The molecule has 2 aromatic heterocycles. The van der Waals surface area contributed by atoms with Crippen LogP contribution in [0.2, 0.25) is 0 Å². The first-order valence-corrected chi connectivity index (χ1v) is 6.93. The van der Waals surface area contributed by atoms with Crippen LogP contribution in [-0.2, 0) is 0 Å². The minimum atomic E-state index is 0.209. The van der Waals surface area contributed by atoms with Gasteiger partial charge in [-0.1, -0.05) is 48.7 Å². The van der Waals surface area contributed by atoms with E-state index in [-0.39, 0.29) is 5.49 Å². The van der Waals surface area contributed by atoms with Crippen molar-refractivity contribution in [2.24, 2.45) is 0 Å². The van der Waals surface area contributed by atoms with Crippen LogP contribution in [0.5, 0.6) is 0 Å². The van der Waals surface area contributed by atoms with Gasteiger partial charge >= 0.3 is 0 Å². The predicted molar refractivity (Wildman–Crippen MR) is 81.2 cm³/mol. The number of nitrogens with zero attached hydrogens (tertiary/aromatic N) is 2. The van der Waals surface area contributed by atoms with E-state index in [9.17, 15) is 0 Å². The van der Waals surface area contributed by atoms with Crippen LogP contribution >= 0.6 is 11.8 Å². The van der Waals surface area contributed by atoms with Gasteiger partial charge in [0.05, 0.1) is 16.6 Å². The smallest absolute Gasteiger partial charge is 0.156 e. The van der Waals surface area contributed by atoms with Crippen LogP contribution < -0.4 is 5.49 Å². The number of benzene rings is 1. The zero-order valence-electron chi connectivity index (χ0n) is 10.6. The van der Waals surface area contributed by atoms with Gasteiger partial charge < -0.3 is 4.98 Å². The van der Waals surface area contributed by atoms with E-state index in [2.05, 4.69) is 21.5 Å². The minimum absolute atomic E-state index is 0.209. The van der Waals surface area contributed by atoms with Gasteiger partial charge in [-0.2, -0.15) is 0 Å². The molecule has 4 nitrogen and oxygen atoms in total. The van der Waals surface area contributed by atoms with Crippen LogP contribution in [0.25, 0.3) is 22.2 Å². The first-order chi connectivity index (χ1) is 9.81. The maximum Gasteiger partial charge on any atom is 0.156 e. The summed E-state index contributed by atoms with van der Waals surface area (Å²) < 4.78 is 0. The summed E-state index contributed by atoms with van der Waals surface area (Å²) in [4.78, 5) is 12.6. The average molecular weight is 280 g/mol. The van der Waals surface area contributed by atoms with E-state index in [1.807, 2.05) is 36.5 Å². The van der Waals surface area contributed by atoms with E-state index in [0.29, 0.717) is 0 Å². The van der Waals surface area contributed by atoms with Crippen LogP contribution in [-0.4, -0.2) is 15.0 Å². The van der Waals surface area contributed by atoms with Crippen molar-refractivity contribution in [1.82, 2.24) is 15.0 Å². The van der Waals surface area contributed by atoms with Crippen LogP contribution in [0.4, 0.5) is 0 Å². The van der Waals surface area contributed by atoms with Crippen molar-refractivity contribution < 1.29 is 0 Å². The van der Waals surface area contributed by atoms with Gasteiger partial charge in [-0.05, 0) is 5.41 Å². The average Bonchev–Trinajstić information content (AvgIpc) is 2.80. The normalized spacial score (nSPS) is 10.6. The lowest BCUT2D eigenvalue weighted by Gasteiger charge is -1.98. The molecule has 3 rings (SSSR count). The lowest BCUT2D eigenvalue weighted by molar-refractivity contribution is 1.09. The molecule has 2 heterocycles. The molecule has 2 N–H and O–H groups in total. The van der Waals surface area contributed by atoms with Crippen LogP contribution in [0.1, 0.15) is 0 Å². The number of H-pyrrole nitrogens is 1. The standard InChI is InChI=1S/C15H12N4S/c1-2-20-11-8-17-14-12(11)15(16)19-9-18-13(14)10-6-4-3-5-7-10/h2-9,16-17H,1H2. The number of hydrogen-bond acceptors (Lipinski definition) is 4. The van der Waals surface area contributed by atoms with Crippen LogP contribution in [0, 0.1) is 5.41 Å². The SMILES string of the molecule is C=CSc1c[nH]c2c(-c3ccccc3)ncnc(=N)c12. The number of nitrogens with one attached hydrogen (secondary N) is 2. The fourth-order valence-electron chi connectivity index (χ4n) is 2.10. The Kier molecular flexibility index (Phi) is 3.35. The molecule has 0 atom stereocenters. The first kappa shape index (κ1) is 12.6. The van der Waals surface area contributed by atoms with Crippen molar-refractivity contribution in [3.05, 3.63) is 60.3 Å². The number of aromatic amines is 1. The molecule has 0 fully saturated rings. The summed E-state index contributed by atoms with van der Waals surface area (Å²) in [5, 5.41) is 10.6. The highest BCUT2D eigenvalue weighted by molar-refractivity contribution is 8.02. The summed E-state index contributed by atoms with van der Waals surface area (Å²) in [6.07, 6.45) is 3.30. The molecule has 0 bridgehead atoms. The zero-order chi connectivity index (χ0) is 13.9. The fourth-order valence-corrected chi connectivity index (χ4v) is 2.72. The van der Waals surface area contributed by atoms with Crippen LogP contribution in [0.15, 0.2) is 59.7 Å². The molecule has 0 spiro atoms. The second-order valence-electron chi connectivity index (χ2n) is 4.12. The summed E-state index contributed by atoms with van der Waals surface area (Å²) in [6.45, 7) is 3.72. The molecule has 0 saturated heterocycles. The number of hydrogen-bond donors (Lipinski definition) is 2. The zero-order valence-corrected chi connectivity index (χ0v) is 11.4. The molecule has 0 radical (unpaired) electrons. The molecule has 0 unspecified atom stereocenters. The molecule has 0 aliphatic heterocycles. The topological polar surface area (TPSA) is 65.4 Å². The molecule has 20 heavy (non-hydrogen) atoms. The maximum absolute atomic E-state index is 8.06. The third-order valence-corrected chi connectivity index (χ3v) is 3.69. The van der Waals surface area contributed by atoms with Crippen molar-refractivity contribution in [1.29, 1.82) is 5.41 Å². The van der Waals surface area contributed by atoms with Crippen LogP contribution in [0.3, 0.4) is 0 Å². The lowest BCUT2D eigenvalue weighted by Crippen LogP contribution is -2.01. The molecule has 0 aliphatic carbocycles. The second kappa shape index (κ2) is 5.30. The summed E-state index contributed by atoms with van der Waals surface area (Å²) in [5.74, 6) is 0. The Hall–Kier alpha value is -2.40. The Labute approximate surface area is 120 Å². The summed E-state index contributed by atoms with van der Waals surface area (Å²) in [7, 11) is 0. The maximum atomic E-state index is 8.06. The van der Waals surface area contributed by atoms with E-state index in [1.54, 1.807) is 5.41 Å². The van der Waals surface area contributed by atoms with Crippen molar-refractivity contribution in [2.45, 2.75) is 4.90 Å². The highest BCUT2D eigenvalue weighted by Crippen LogP contribution is 2.30. The fraction of sp³-hybridized carbons (Fsp3) is 0. The van der Waals surface area contributed by atoms with Gasteiger partial charge in [-0.3, -0.25) is 5.41 Å². The number of fused-ring (bicyclic) bond motifs is 1. The Bertz CT molecular complexity index is 824. The van der Waals surface area contributed by atoms with Gasteiger partial charge in [-0.25, -0.2) is 9.97 Å². The molecule has 0 amide bonds. The molecule has 3 aromatic rings. The summed E-state index contributed by atoms with van der Waals surface area (Å²) in [6, 6.07) is 9.88. The van der Waals surface area contributed by atoms with Crippen molar-refractivity contribution in [2.75, 3.05) is 0 Å². The van der Waals surface area contributed by atoms with Crippen molar-refractivity contribution in [3.63, 3.8) is 0 Å². The van der Waals surface area contributed by atoms with Gasteiger partial charge in [0.15, 0.2) is 5.49 Å². The third kappa shape index (κ3) is 2.12.